The van der Waals surface area contributed by atoms with Gasteiger partial charge < -0.3 is 0 Å². The highest BCUT2D eigenvalue weighted by Gasteiger charge is 2.17. The van der Waals surface area contributed by atoms with Crippen molar-refractivity contribution in [3.63, 3.8) is 0 Å². The number of aromatic nitrogens is 2. The molecule has 5 rings (SSSR count). The number of thiazole rings is 2. The molecule has 0 aliphatic rings. The number of nitrogens with one attached hydrogen (secondary N) is 2. The zero-order chi connectivity index (χ0) is 26.1. The Morgan fingerprint density at radius 2 is 1.08 bits per heavy atom. The molecule has 9 heteroatoms. The van der Waals surface area contributed by atoms with Gasteiger partial charge in [-0.15, -0.1) is 34.0 Å². The number of hydrogen-bond donors (Lipinski definition) is 2. The third-order valence-electron chi connectivity index (χ3n) is 5.82. The Morgan fingerprint density at radius 3 is 1.49 bits per heavy atom. The van der Waals surface area contributed by atoms with E-state index in [-0.39, 0.29) is 11.8 Å². The topological polar surface area (TPSA) is 84.0 Å². The van der Waals surface area contributed by atoms with Gasteiger partial charge in [-0.1, -0.05) is 47.5 Å². The van der Waals surface area contributed by atoms with Crippen molar-refractivity contribution >= 4 is 56.1 Å². The maximum Gasteiger partial charge on any atom is 0.267 e. The van der Waals surface area contributed by atoms with Crippen molar-refractivity contribution in [1.82, 2.24) is 9.97 Å². The molecule has 0 fully saturated rings. The fraction of sp³-hybridized carbons (Fsp3) is 0.143. The number of rotatable bonds is 6. The third kappa shape index (κ3) is 5.53. The molecule has 0 bridgehead atoms. The number of nitrogens with zero attached hydrogens (tertiary/aromatic N) is 2. The van der Waals surface area contributed by atoms with Crippen molar-refractivity contribution in [2.75, 3.05) is 10.6 Å². The van der Waals surface area contributed by atoms with Crippen molar-refractivity contribution in [1.29, 1.82) is 0 Å². The number of aryl methyl sites for hydroxylation is 4. The Bertz CT molecular complexity index is 1510. The highest BCUT2D eigenvalue weighted by Crippen LogP contribution is 2.30. The molecule has 0 atom stereocenters. The van der Waals surface area contributed by atoms with Crippen LogP contribution in [0.2, 0.25) is 0 Å². The lowest BCUT2D eigenvalue weighted by Crippen LogP contribution is -2.11. The quantitative estimate of drug-likeness (QED) is 0.229. The van der Waals surface area contributed by atoms with Crippen LogP contribution in [0, 0.1) is 27.7 Å². The van der Waals surface area contributed by atoms with Crippen molar-refractivity contribution in [2.24, 2.45) is 0 Å². The summed E-state index contributed by atoms with van der Waals surface area (Å²) >= 11 is 3.88. The zero-order valence-electron chi connectivity index (χ0n) is 20.7. The number of hydrogen-bond acceptors (Lipinski definition) is 7. The van der Waals surface area contributed by atoms with Gasteiger partial charge in [0.05, 0.1) is 21.1 Å². The first-order valence-corrected chi connectivity index (χ1v) is 14.1. The summed E-state index contributed by atoms with van der Waals surface area (Å²) in [5.41, 5.74) is 8.40. The van der Waals surface area contributed by atoms with Crippen LogP contribution in [-0.2, 0) is 0 Å². The van der Waals surface area contributed by atoms with E-state index in [1.54, 1.807) is 12.1 Å². The number of amides is 2. The predicted octanol–water partition coefficient (Wildman–Crippen LogP) is 7.73. The molecule has 0 radical (unpaired) electrons. The van der Waals surface area contributed by atoms with Crippen LogP contribution in [0.15, 0.2) is 59.3 Å². The highest BCUT2D eigenvalue weighted by atomic mass is 32.1. The molecule has 0 aliphatic heterocycles. The molecule has 6 nitrogen and oxygen atoms in total. The Kier molecular flexibility index (Phi) is 7.01. The maximum atomic E-state index is 12.8. The molecule has 37 heavy (non-hydrogen) atoms. The van der Waals surface area contributed by atoms with Gasteiger partial charge in [-0.3, -0.25) is 20.2 Å². The molecular weight excluding hydrogens is 521 g/mol. The monoisotopic (exact) mass is 544 g/mol. The van der Waals surface area contributed by atoms with E-state index >= 15 is 0 Å². The largest absolute Gasteiger partial charge is 0.297 e. The zero-order valence-corrected chi connectivity index (χ0v) is 23.2. The lowest BCUT2D eigenvalue weighted by Gasteiger charge is -2.04. The summed E-state index contributed by atoms with van der Waals surface area (Å²) < 4.78 is 0. The number of thiophene rings is 1. The summed E-state index contributed by atoms with van der Waals surface area (Å²) in [4.78, 5) is 35.6. The molecule has 0 saturated carbocycles. The van der Waals surface area contributed by atoms with Crippen LogP contribution >= 0.6 is 34.0 Å². The summed E-state index contributed by atoms with van der Waals surface area (Å²) in [6.45, 7) is 8.21. The number of carbonyl (C=O) groups is 2. The summed E-state index contributed by atoms with van der Waals surface area (Å²) in [6.07, 6.45) is 0. The van der Waals surface area contributed by atoms with Gasteiger partial charge in [0.1, 0.15) is 0 Å². The number of anilines is 2. The van der Waals surface area contributed by atoms with E-state index in [0.29, 0.717) is 20.0 Å². The first-order valence-electron chi connectivity index (χ1n) is 11.6. The van der Waals surface area contributed by atoms with Crippen LogP contribution in [0.4, 0.5) is 10.3 Å². The molecule has 0 unspecified atom stereocenters. The minimum Gasteiger partial charge on any atom is -0.297 e. The van der Waals surface area contributed by atoms with E-state index in [1.807, 2.05) is 48.9 Å². The molecule has 0 spiro atoms. The summed E-state index contributed by atoms with van der Waals surface area (Å²) in [7, 11) is 0. The highest BCUT2D eigenvalue weighted by molar-refractivity contribution is 7.17. The fourth-order valence-electron chi connectivity index (χ4n) is 4.01. The van der Waals surface area contributed by atoms with Crippen LogP contribution in [0.5, 0.6) is 0 Å². The van der Waals surface area contributed by atoms with Gasteiger partial charge in [-0.05, 0) is 51.0 Å². The van der Waals surface area contributed by atoms with Crippen molar-refractivity contribution in [2.45, 2.75) is 27.7 Å². The molecular formula is C28H24N4O2S3. The van der Waals surface area contributed by atoms with Crippen LogP contribution in [0.25, 0.3) is 22.5 Å². The van der Waals surface area contributed by atoms with E-state index < -0.39 is 0 Å². The Labute approximate surface area is 227 Å². The van der Waals surface area contributed by atoms with E-state index in [0.717, 1.165) is 45.0 Å². The second-order valence-corrected chi connectivity index (χ2v) is 11.6. The lowest BCUT2D eigenvalue weighted by molar-refractivity contribution is 0.102. The molecule has 3 aromatic heterocycles. The Hall–Kier alpha value is -3.66. The van der Waals surface area contributed by atoms with Crippen molar-refractivity contribution < 1.29 is 9.59 Å². The average molecular weight is 545 g/mol. The second kappa shape index (κ2) is 10.4. The Morgan fingerprint density at radius 1 is 0.649 bits per heavy atom. The van der Waals surface area contributed by atoms with E-state index in [2.05, 4.69) is 46.6 Å². The number of benzene rings is 2. The molecule has 3 heterocycles. The fourth-order valence-corrected chi connectivity index (χ4v) is 6.22. The first kappa shape index (κ1) is 25.0. The number of carbonyl (C=O) groups excluding carboxylic acids is 2. The molecule has 2 amide bonds. The van der Waals surface area contributed by atoms with Crippen LogP contribution in [0.1, 0.15) is 41.6 Å². The van der Waals surface area contributed by atoms with Gasteiger partial charge in [0.25, 0.3) is 11.8 Å². The minimum atomic E-state index is -0.294. The minimum absolute atomic E-state index is 0.294. The summed E-state index contributed by atoms with van der Waals surface area (Å²) in [6, 6.07) is 15.7. The molecule has 5 aromatic rings. The van der Waals surface area contributed by atoms with Gasteiger partial charge in [0.15, 0.2) is 10.3 Å². The first-order chi connectivity index (χ1) is 17.8. The summed E-state index contributed by atoms with van der Waals surface area (Å²) in [5.74, 6) is -0.589. The van der Waals surface area contributed by atoms with Gasteiger partial charge in [0, 0.05) is 21.9 Å². The Balaban J connectivity index is 1.24. The molecule has 2 N–H and O–H groups in total. The molecule has 2 aromatic carbocycles. The molecule has 186 valence electrons. The smallest absolute Gasteiger partial charge is 0.267 e. The molecule has 0 aliphatic carbocycles. The van der Waals surface area contributed by atoms with E-state index in [1.165, 1.54) is 33.8 Å². The molecule has 0 saturated heterocycles. The van der Waals surface area contributed by atoms with Crippen molar-refractivity contribution in [3.8, 4) is 22.5 Å². The third-order valence-corrected chi connectivity index (χ3v) is 8.42. The average Bonchev–Trinajstić information content (AvgIpc) is 3.60. The van der Waals surface area contributed by atoms with Gasteiger partial charge in [-0.2, -0.15) is 0 Å². The van der Waals surface area contributed by atoms with Gasteiger partial charge in [0.2, 0.25) is 0 Å². The van der Waals surface area contributed by atoms with Gasteiger partial charge >= 0.3 is 0 Å². The van der Waals surface area contributed by atoms with E-state index in [4.69, 9.17) is 0 Å². The van der Waals surface area contributed by atoms with Crippen molar-refractivity contribution in [3.05, 3.63) is 91.3 Å². The maximum absolute atomic E-state index is 12.8. The predicted molar refractivity (Wildman–Crippen MR) is 154 cm³/mol. The van der Waals surface area contributed by atoms with Gasteiger partial charge in [-0.25, -0.2) is 9.97 Å². The second-order valence-electron chi connectivity index (χ2n) is 8.78. The van der Waals surface area contributed by atoms with E-state index in [9.17, 15) is 9.59 Å². The van der Waals surface area contributed by atoms with Crippen LogP contribution in [-0.4, -0.2) is 21.8 Å². The summed E-state index contributed by atoms with van der Waals surface area (Å²) in [5, 5.41) is 10.6. The van der Waals surface area contributed by atoms with Crippen LogP contribution < -0.4 is 10.6 Å². The SMILES string of the molecule is Cc1ccc(-c2csc(NC(=O)c3ccc(C(=O)Nc4nc(-c5ccc(C)cc5C)cs4)s3)n2)c(C)c1. The normalized spacial score (nSPS) is 10.9. The van der Waals surface area contributed by atoms with Crippen LogP contribution in [0.3, 0.4) is 0 Å². The standard InChI is InChI=1S/C28H24N4O2S3/c1-15-5-7-19(17(3)11-15)21-13-35-27(29-21)31-25(33)23-9-10-24(37-23)26(34)32-28-30-22(14-36-28)20-8-6-16(2)12-18(20)4/h5-14H,1-4H3,(H,29,31,33)(H,30,32,34). The lowest BCUT2D eigenvalue weighted by atomic mass is 10.0.